The third-order valence-electron chi connectivity index (χ3n) is 4.52. The van der Waals surface area contributed by atoms with Crippen LogP contribution in [0.25, 0.3) is 0 Å². The molecule has 3 nitrogen and oxygen atoms in total. The van der Waals surface area contributed by atoms with Crippen LogP contribution in [0.2, 0.25) is 0 Å². The first-order valence-electron chi connectivity index (χ1n) is 9.42. The van der Waals surface area contributed by atoms with E-state index in [2.05, 4.69) is 20.8 Å². The van der Waals surface area contributed by atoms with Crippen molar-refractivity contribution in [3.05, 3.63) is 95.1 Å². The van der Waals surface area contributed by atoms with Crippen molar-refractivity contribution in [2.45, 2.75) is 39.7 Å². The zero-order chi connectivity index (χ0) is 20.1. The van der Waals surface area contributed by atoms with E-state index < -0.39 is 0 Å². The van der Waals surface area contributed by atoms with Crippen LogP contribution in [-0.4, -0.2) is 5.97 Å². The van der Waals surface area contributed by atoms with Gasteiger partial charge in [-0.25, -0.2) is 4.79 Å². The fourth-order valence-corrected chi connectivity index (χ4v) is 2.80. The summed E-state index contributed by atoms with van der Waals surface area (Å²) >= 11 is 0. The zero-order valence-corrected chi connectivity index (χ0v) is 16.9. The first kappa shape index (κ1) is 19.7. The molecule has 3 rings (SSSR count). The average molecular weight is 374 g/mol. The molecule has 0 saturated heterocycles. The molecule has 0 aliphatic rings. The van der Waals surface area contributed by atoms with Crippen molar-refractivity contribution in [1.82, 2.24) is 0 Å². The normalized spacial score (nSPS) is 11.1. The van der Waals surface area contributed by atoms with Crippen LogP contribution in [0.15, 0.2) is 72.8 Å². The van der Waals surface area contributed by atoms with Crippen molar-refractivity contribution in [1.29, 1.82) is 0 Å². The zero-order valence-electron chi connectivity index (χ0n) is 16.9. The van der Waals surface area contributed by atoms with Crippen LogP contribution in [-0.2, 0) is 12.0 Å². The van der Waals surface area contributed by atoms with Gasteiger partial charge in [0.25, 0.3) is 0 Å². The molecule has 0 aliphatic carbocycles. The van der Waals surface area contributed by atoms with Crippen molar-refractivity contribution in [3.63, 3.8) is 0 Å². The van der Waals surface area contributed by atoms with Crippen molar-refractivity contribution >= 4 is 5.97 Å². The van der Waals surface area contributed by atoms with E-state index in [9.17, 15) is 4.79 Å². The lowest BCUT2D eigenvalue weighted by atomic mass is 9.87. The van der Waals surface area contributed by atoms with E-state index in [0.29, 0.717) is 17.9 Å². The molecule has 0 heterocycles. The van der Waals surface area contributed by atoms with E-state index in [1.165, 1.54) is 5.56 Å². The summed E-state index contributed by atoms with van der Waals surface area (Å²) in [6, 6.07) is 22.9. The summed E-state index contributed by atoms with van der Waals surface area (Å²) < 4.78 is 11.3. The summed E-state index contributed by atoms with van der Waals surface area (Å²) in [5.41, 5.74) is 3.93. The van der Waals surface area contributed by atoms with Gasteiger partial charge in [-0.3, -0.25) is 0 Å². The number of aryl methyl sites for hydroxylation is 1. The van der Waals surface area contributed by atoms with Crippen LogP contribution in [0.4, 0.5) is 0 Å². The quantitative estimate of drug-likeness (QED) is 0.400. The topological polar surface area (TPSA) is 35.5 Å². The van der Waals surface area contributed by atoms with Crippen molar-refractivity contribution < 1.29 is 14.3 Å². The highest BCUT2D eigenvalue weighted by Gasteiger charge is 2.14. The van der Waals surface area contributed by atoms with Crippen LogP contribution < -0.4 is 9.47 Å². The van der Waals surface area contributed by atoms with Crippen LogP contribution >= 0.6 is 0 Å². The van der Waals surface area contributed by atoms with Gasteiger partial charge in [-0.2, -0.15) is 0 Å². The highest BCUT2D eigenvalue weighted by Crippen LogP contribution is 2.24. The summed E-state index contributed by atoms with van der Waals surface area (Å²) in [6.45, 7) is 8.94. The second kappa shape index (κ2) is 8.30. The number of carbonyl (C=O) groups is 1. The fraction of sp³-hybridized carbons (Fsp3) is 0.240. The van der Waals surface area contributed by atoms with Crippen molar-refractivity contribution in [2.75, 3.05) is 0 Å². The molecule has 0 aromatic heterocycles. The van der Waals surface area contributed by atoms with Gasteiger partial charge in [0.1, 0.15) is 18.1 Å². The van der Waals surface area contributed by atoms with E-state index in [1.807, 2.05) is 67.6 Å². The molecule has 3 aromatic rings. The van der Waals surface area contributed by atoms with Gasteiger partial charge >= 0.3 is 5.97 Å². The molecule has 0 N–H and O–H groups in total. The summed E-state index contributed by atoms with van der Waals surface area (Å²) in [7, 11) is 0. The van der Waals surface area contributed by atoms with Crippen molar-refractivity contribution in [3.8, 4) is 11.5 Å². The third kappa shape index (κ3) is 5.23. The van der Waals surface area contributed by atoms with E-state index in [0.717, 1.165) is 16.9 Å². The second-order valence-corrected chi connectivity index (χ2v) is 7.97. The van der Waals surface area contributed by atoms with Gasteiger partial charge in [-0.1, -0.05) is 57.2 Å². The number of hydrogen-bond donors (Lipinski definition) is 0. The molecular weight excluding hydrogens is 348 g/mol. The molecule has 3 aromatic carbocycles. The fourth-order valence-electron chi connectivity index (χ4n) is 2.80. The van der Waals surface area contributed by atoms with E-state index in [4.69, 9.17) is 9.47 Å². The van der Waals surface area contributed by atoms with Gasteiger partial charge in [-0.05, 0) is 65.4 Å². The Balaban J connectivity index is 1.59. The molecule has 0 fully saturated rings. The lowest BCUT2D eigenvalue weighted by molar-refractivity contribution is 0.0734. The lowest BCUT2D eigenvalue weighted by Crippen LogP contribution is -2.12. The molecule has 0 amide bonds. The Morgan fingerprint density at radius 2 is 1.54 bits per heavy atom. The smallest absolute Gasteiger partial charge is 0.343 e. The summed E-state index contributed by atoms with van der Waals surface area (Å²) in [4.78, 5) is 12.4. The van der Waals surface area contributed by atoms with E-state index in [1.54, 1.807) is 12.1 Å². The van der Waals surface area contributed by atoms with Gasteiger partial charge in [0.15, 0.2) is 0 Å². The largest absolute Gasteiger partial charge is 0.489 e. The van der Waals surface area contributed by atoms with Gasteiger partial charge < -0.3 is 9.47 Å². The molecule has 0 saturated carbocycles. The first-order valence-corrected chi connectivity index (χ1v) is 9.42. The van der Waals surface area contributed by atoms with Crippen LogP contribution in [0.3, 0.4) is 0 Å². The van der Waals surface area contributed by atoms with Crippen molar-refractivity contribution in [2.24, 2.45) is 0 Å². The molecule has 3 heteroatoms. The number of ether oxygens (including phenoxy) is 2. The molecule has 0 bridgehead atoms. The Kier molecular flexibility index (Phi) is 5.84. The molecular formula is C25H26O3. The second-order valence-electron chi connectivity index (χ2n) is 7.97. The summed E-state index contributed by atoms with van der Waals surface area (Å²) in [5, 5.41) is 0. The maximum Gasteiger partial charge on any atom is 0.343 e. The molecule has 0 spiro atoms. The number of esters is 1. The van der Waals surface area contributed by atoms with E-state index in [-0.39, 0.29) is 11.4 Å². The van der Waals surface area contributed by atoms with Gasteiger partial charge in [0, 0.05) is 0 Å². The minimum absolute atomic E-state index is 0.0683. The SMILES string of the molecule is Cc1cccc(OCc2ccc(C(=O)Oc3ccc(C(C)(C)C)cc3)cc2)c1. The van der Waals surface area contributed by atoms with Gasteiger partial charge in [0.2, 0.25) is 0 Å². The highest BCUT2D eigenvalue weighted by molar-refractivity contribution is 5.91. The van der Waals surface area contributed by atoms with Crippen LogP contribution in [0.5, 0.6) is 11.5 Å². The maximum atomic E-state index is 12.4. The molecule has 0 atom stereocenters. The maximum absolute atomic E-state index is 12.4. The number of carbonyl (C=O) groups excluding carboxylic acids is 1. The molecule has 0 radical (unpaired) electrons. The predicted octanol–water partition coefficient (Wildman–Crippen LogP) is 6.09. The number of benzene rings is 3. The Hall–Kier alpha value is -3.07. The third-order valence-corrected chi connectivity index (χ3v) is 4.52. The minimum Gasteiger partial charge on any atom is -0.489 e. The molecule has 28 heavy (non-hydrogen) atoms. The molecule has 0 aliphatic heterocycles. The predicted molar refractivity (Wildman–Crippen MR) is 112 cm³/mol. The van der Waals surface area contributed by atoms with Gasteiger partial charge in [0.05, 0.1) is 5.56 Å². The van der Waals surface area contributed by atoms with Crippen LogP contribution in [0, 0.1) is 6.92 Å². The Bertz CT molecular complexity index is 933. The average Bonchev–Trinajstić information content (AvgIpc) is 2.66. The molecule has 144 valence electrons. The Morgan fingerprint density at radius 3 is 2.14 bits per heavy atom. The Labute approximate surface area is 166 Å². The summed E-state index contributed by atoms with van der Waals surface area (Å²) in [6.07, 6.45) is 0. The summed E-state index contributed by atoms with van der Waals surface area (Å²) in [5.74, 6) is 1.02. The first-order chi connectivity index (χ1) is 13.3. The molecule has 0 unspecified atom stereocenters. The lowest BCUT2D eigenvalue weighted by Gasteiger charge is -2.19. The number of hydrogen-bond acceptors (Lipinski definition) is 3. The van der Waals surface area contributed by atoms with Crippen LogP contribution in [0.1, 0.15) is 47.8 Å². The van der Waals surface area contributed by atoms with Gasteiger partial charge in [-0.15, -0.1) is 0 Å². The highest BCUT2D eigenvalue weighted by atomic mass is 16.5. The number of rotatable bonds is 5. The standard InChI is InChI=1S/C25H26O3/c1-18-6-5-7-23(16-18)27-17-19-8-10-20(11-9-19)24(26)28-22-14-12-21(13-15-22)25(2,3)4/h5-16H,17H2,1-4H3. The Morgan fingerprint density at radius 1 is 0.857 bits per heavy atom. The van der Waals surface area contributed by atoms with E-state index >= 15 is 0 Å². The monoisotopic (exact) mass is 374 g/mol. The minimum atomic E-state index is -0.366.